The molecule has 2 aromatic rings. The van der Waals surface area contributed by atoms with E-state index in [2.05, 4.69) is 21.0 Å². The van der Waals surface area contributed by atoms with Gasteiger partial charge in [-0.05, 0) is 44.5 Å². The van der Waals surface area contributed by atoms with Crippen molar-refractivity contribution in [2.45, 2.75) is 44.3 Å². The number of carbonyl (C=O) groups excluding carboxylic acids is 4. The number of rotatable bonds is 11. The van der Waals surface area contributed by atoms with Crippen LogP contribution in [0.1, 0.15) is 58.0 Å². The average Bonchev–Trinajstić information content (AvgIpc) is 3.36. The highest BCUT2D eigenvalue weighted by atomic mass is 16.2. The monoisotopic (exact) mass is 468 g/mol. The predicted octanol–water partition coefficient (Wildman–Crippen LogP) is 1.40. The van der Waals surface area contributed by atoms with Gasteiger partial charge in [-0.25, -0.2) is 0 Å². The van der Waals surface area contributed by atoms with E-state index in [1.165, 1.54) is 19.0 Å². The minimum Gasteiger partial charge on any atom is -0.380 e. The smallest absolute Gasteiger partial charge is 0.255 e. The number of hydrogen-bond donors (Lipinski definition) is 3. The first-order chi connectivity index (χ1) is 16.5. The first kappa shape index (κ1) is 25.1. The third kappa shape index (κ3) is 5.88. The van der Waals surface area contributed by atoms with Gasteiger partial charge in [-0.15, -0.1) is 0 Å². The molecule has 2 amide bonds. The van der Waals surface area contributed by atoms with Crippen molar-refractivity contribution >= 4 is 30.1 Å². The summed E-state index contributed by atoms with van der Waals surface area (Å²) >= 11 is 0. The second-order valence-electron chi connectivity index (χ2n) is 8.34. The number of aromatic nitrogens is 2. The maximum atomic E-state index is 13.2. The predicted molar refractivity (Wildman–Crippen MR) is 128 cm³/mol. The van der Waals surface area contributed by atoms with Crippen LogP contribution < -0.4 is 16.0 Å². The lowest BCUT2D eigenvalue weighted by Gasteiger charge is -2.27. The molecule has 10 heteroatoms. The van der Waals surface area contributed by atoms with Crippen LogP contribution in [0.4, 0.5) is 5.69 Å². The molecule has 10 nitrogen and oxygen atoms in total. The lowest BCUT2D eigenvalue weighted by Crippen LogP contribution is -2.47. The molecule has 0 aliphatic carbocycles. The van der Waals surface area contributed by atoms with Crippen LogP contribution in [0.2, 0.25) is 0 Å². The van der Waals surface area contributed by atoms with Gasteiger partial charge in [0.05, 0.1) is 23.4 Å². The average molecular weight is 469 g/mol. The summed E-state index contributed by atoms with van der Waals surface area (Å²) in [5, 5.41) is 13.6. The topological polar surface area (TPSA) is 125 Å². The summed E-state index contributed by atoms with van der Waals surface area (Å²) < 4.78 is 1.99. The second kappa shape index (κ2) is 12.1. The van der Waals surface area contributed by atoms with Gasteiger partial charge >= 0.3 is 0 Å². The molecule has 0 saturated carbocycles. The number of hydrogen-bond acceptors (Lipinski definition) is 7. The Labute approximate surface area is 199 Å². The summed E-state index contributed by atoms with van der Waals surface area (Å²) in [7, 11) is 2.97. The Kier molecular flexibility index (Phi) is 8.92. The summed E-state index contributed by atoms with van der Waals surface area (Å²) in [6.07, 6.45) is 7.57. The van der Waals surface area contributed by atoms with Crippen molar-refractivity contribution in [3.63, 3.8) is 0 Å². The van der Waals surface area contributed by atoms with Crippen LogP contribution in [0, 0.1) is 0 Å². The third-order valence-electron chi connectivity index (χ3n) is 6.17. The zero-order valence-electron chi connectivity index (χ0n) is 19.6. The Morgan fingerprint density at radius 2 is 2.06 bits per heavy atom. The van der Waals surface area contributed by atoms with E-state index in [0.29, 0.717) is 30.8 Å². The van der Waals surface area contributed by atoms with Crippen molar-refractivity contribution < 1.29 is 19.2 Å². The zero-order valence-corrected chi connectivity index (χ0v) is 19.6. The highest BCUT2D eigenvalue weighted by molar-refractivity contribution is 6.05. The molecule has 1 aliphatic rings. The number of anilines is 1. The van der Waals surface area contributed by atoms with E-state index in [9.17, 15) is 19.2 Å². The molecule has 3 rings (SSSR count). The van der Waals surface area contributed by atoms with E-state index in [4.69, 9.17) is 0 Å². The highest BCUT2D eigenvalue weighted by Crippen LogP contribution is 2.23. The number of piperidine rings is 1. The quantitative estimate of drug-likeness (QED) is 0.426. The molecule has 1 unspecified atom stereocenters. The van der Waals surface area contributed by atoms with Crippen LogP contribution in [0.15, 0.2) is 30.6 Å². The van der Waals surface area contributed by atoms with Crippen molar-refractivity contribution in [3.8, 4) is 0 Å². The summed E-state index contributed by atoms with van der Waals surface area (Å²) in [6.45, 7) is 2.40. The fraction of sp³-hybridized carbons (Fsp3) is 0.458. The summed E-state index contributed by atoms with van der Waals surface area (Å²) in [5.74, 6) is -0.839. The minimum atomic E-state index is -0.820. The molecule has 2 heterocycles. The first-order valence-electron chi connectivity index (χ1n) is 11.5. The summed E-state index contributed by atoms with van der Waals surface area (Å²) in [5.41, 5.74) is 1.90. The lowest BCUT2D eigenvalue weighted by atomic mass is 10.0. The third-order valence-corrected chi connectivity index (χ3v) is 6.17. The SMILES string of the molecule is CNC(=O)C(CCC=O)N(C)C(=O)c1cccc(NCc2cnn(C3CCNCC3)c2)c1C=O. The molecule has 182 valence electrons. The van der Waals surface area contributed by atoms with Crippen LogP contribution in [0.3, 0.4) is 0 Å². The number of nitrogens with zero attached hydrogens (tertiary/aromatic N) is 3. The van der Waals surface area contributed by atoms with Crippen LogP contribution >= 0.6 is 0 Å². The van der Waals surface area contributed by atoms with Crippen LogP contribution in [-0.2, 0) is 16.1 Å². The molecule has 1 atom stereocenters. The van der Waals surface area contributed by atoms with E-state index >= 15 is 0 Å². The van der Waals surface area contributed by atoms with E-state index < -0.39 is 11.9 Å². The van der Waals surface area contributed by atoms with Crippen molar-refractivity contribution in [2.24, 2.45) is 0 Å². The molecule has 0 radical (unpaired) electrons. The summed E-state index contributed by atoms with van der Waals surface area (Å²) in [4.78, 5) is 49.5. The molecule has 1 saturated heterocycles. The highest BCUT2D eigenvalue weighted by Gasteiger charge is 2.28. The maximum Gasteiger partial charge on any atom is 0.255 e. The van der Waals surface area contributed by atoms with Gasteiger partial charge in [0.2, 0.25) is 5.91 Å². The Morgan fingerprint density at radius 1 is 1.29 bits per heavy atom. The molecule has 34 heavy (non-hydrogen) atoms. The van der Waals surface area contributed by atoms with Crippen molar-refractivity contribution in [1.82, 2.24) is 25.3 Å². The van der Waals surface area contributed by atoms with Gasteiger partial charge in [0, 0.05) is 44.5 Å². The van der Waals surface area contributed by atoms with E-state index in [-0.39, 0.29) is 29.9 Å². The Balaban J connectivity index is 1.74. The molecule has 1 aromatic heterocycles. The van der Waals surface area contributed by atoms with Gasteiger partial charge in [0.1, 0.15) is 12.3 Å². The molecule has 3 N–H and O–H groups in total. The molecule has 1 aliphatic heterocycles. The van der Waals surface area contributed by atoms with E-state index in [0.717, 1.165) is 31.5 Å². The van der Waals surface area contributed by atoms with Gasteiger partial charge in [-0.1, -0.05) is 6.07 Å². The van der Waals surface area contributed by atoms with Crippen LogP contribution in [-0.4, -0.2) is 72.3 Å². The van der Waals surface area contributed by atoms with Gasteiger partial charge in [0.15, 0.2) is 6.29 Å². The summed E-state index contributed by atoms with van der Waals surface area (Å²) in [6, 6.07) is 4.54. The van der Waals surface area contributed by atoms with Crippen LogP contribution in [0.5, 0.6) is 0 Å². The zero-order chi connectivity index (χ0) is 24.5. The number of nitrogens with one attached hydrogen (secondary N) is 3. The van der Waals surface area contributed by atoms with Crippen molar-refractivity contribution in [1.29, 1.82) is 0 Å². The Bertz CT molecular complexity index is 1010. The standard InChI is InChI=1S/C24H32N6O4/c1-25-23(33)22(7-4-12-31)29(2)24(34)19-5-3-6-21(20(19)16-32)27-13-17-14-28-30(15-17)18-8-10-26-11-9-18/h3,5-6,12,14-16,18,22,26-27H,4,7-11,13H2,1-2H3,(H,25,33). The Morgan fingerprint density at radius 3 is 2.74 bits per heavy atom. The number of benzene rings is 1. The Hall–Kier alpha value is -3.53. The molecule has 0 spiro atoms. The van der Waals surface area contributed by atoms with Crippen LogP contribution in [0.25, 0.3) is 0 Å². The molecule has 0 bridgehead atoms. The molecule has 1 fully saturated rings. The number of aldehydes is 2. The minimum absolute atomic E-state index is 0.142. The normalized spacial score (nSPS) is 14.8. The van der Waals surface area contributed by atoms with Crippen molar-refractivity contribution in [2.75, 3.05) is 32.5 Å². The molecular formula is C24H32N6O4. The molecule has 1 aromatic carbocycles. The van der Waals surface area contributed by atoms with E-state index in [1.807, 2.05) is 10.9 Å². The number of amides is 2. The fourth-order valence-corrected chi connectivity index (χ4v) is 4.19. The largest absolute Gasteiger partial charge is 0.380 e. The van der Waals surface area contributed by atoms with Gasteiger partial charge < -0.3 is 25.6 Å². The first-order valence-corrected chi connectivity index (χ1v) is 11.5. The van der Waals surface area contributed by atoms with Gasteiger partial charge in [-0.2, -0.15) is 5.10 Å². The van der Waals surface area contributed by atoms with Gasteiger partial charge in [-0.3, -0.25) is 19.1 Å². The molecular weight excluding hydrogens is 436 g/mol. The maximum absolute atomic E-state index is 13.2. The van der Waals surface area contributed by atoms with E-state index in [1.54, 1.807) is 24.4 Å². The fourth-order valence-electron chi connectivity index (χ4n) is 4.19. The van der Waals surface area contributed by atoms with Gasteiger partial charge in [0.25, 0.3) is 5.91 Å². The van der Waals surface area contributed by atoms with Crippen molar-refractivity contribution in [3.05, 3.63) is 47.3 Å². The number of carbonyl (C=O) groups is 4. The number of likely N-dealkylation sites (N-methyl/N-ethyl adjacent to an activating group) is 2. The second-order valence-corrected chi connectivity index (χ2v) is 8.34. The lowest BCUT2D eigenvalue weighted by molar-refractivity contribution is -0.125.